The first-order valence-electron chi connectivity index (χ1n) is 12.2. The number of aromatic amines is 2. The predicted molar refractivity (Wildman–Crippen MR) is 145 cm³/mol. The normalized spacial score (nSPS) is 13.2. The van der Waals surface area contributed by atoms with Gasteiger partial charge in [-0.15, -0.1) is 11.3 Å². The van der Waals surface area contributed by atoms with Crippen LogP contribution in [-0.4, -0.2) is 19.9 Å². The van der Waals surface area contributed by atoms with Crippen LogP contribution in [0.5, 0.6) is 5.75 Å². The van der Waals surface area contributed by atoms with Gasteiger partial charge >= 0.3 is 0 Å². The Labute approximate surface area is 207 Å². The molecule has 1 aliphatic rings. The van der Waals surface area contributed by atoms with Crippen LogP contribution in [0.1, 0.15) is 56.9 Å². The zero-order valence-electron chi connectivity index (χ0n) is 20.2. The van der Waals surface area contributed by atoms with Crippen molar-refractivity contribution in [1.29, 1.82) is 0 Å². The fourth-order valence-corrected chi connectivity index (χ4v) is 6.01. The molecule has 6 heteroatoms. The first-order valence-corrected chi connectivity index (χ1v) is 13.0. The molecule has 6 aromatic rings. The second-order valence-corrected chi connectivity index (χ2v) is 10.9. The van der Waals surface area contributed by atoms with E-state index in [2.05, 4.69) is 85.5 Å². The second-order valence-electron chi connectivity index (χ2n) is 10.0. The second kappa shape index (κ2) is 7.43. The monoisotopic (exact) mass is 478 g/mol. The number of hydrogen-bond acceptors (Lipinski definition) is 4. The van der Waals surface area contributed by atoms with Crippen LogP contribution < -0.4 is 4.74 Å². The third-order valence-corrected chi connectivity index (χ3v) is 7.96. The number of benzene rings is 3. The van der Waals surface area contributed by atoms with Crippen LogP contribution in [0, 0.1) is 0 Å². The number of nitrogens with one attached hydrogen (secondary N) is 2. The van der Waals surface area contributed by atoms with E-state index in [1.54, 1.807) is 11.3 Å². The van der Waals surface area contributed by atoms with E-state index in [1.807, 2.05) is 0 Å². The fraction of sp³-hybridized carbons (Fsp3) is 0.241. The lowest BCUT2D eigenvalue weighted by molar-refractivity contribution is 0.298. The van der Waals surface area contributed by atoms with E-state index in [1.165, 1.54) is 26.4 Å². The minimum absolute atomic E-state index is 0.354. The molecule has 0 atom stereocenters. The highest BCUT2D eigenvalue weighted by atomic mass is 32.1. The SMILES string of the molecule is CC(C)c1nc2c([nH]1)COc1cc(-c3ccc4c(c3)c3sccc3c3nc(C(C)C)[nH]c43)ccc1-2. The van der Waals surface area contributed by atoms with Crippen molar-refractivity contribution in [3.63, 3.8) is 0 Å². The fourth-order valence-electron chi connectivity index (χ4n) is 5.09. The first kappa shape index (κ1) is 20.7. The molecule has 35 heavy (non-hydrogen) atoms. The van der Waals surface area contributed by atoms with Crippen molar-refractivity contribution in [2.75, 3.05) is 0 Å². The Morgan fingerprint density at radius 2 is 1.60 bits per heavy atom. The molecule has 4 heterocycles. The van der Waals surface area contributed by atoms with Gasteiger partial charge in [0.2, 0.25) is 0 Å². The maximum absolute atomic E-state index is 6.15. The molecule has 0 radical (unpaired) electrons. The zero-order valence-corrected chi connectivity index (χ0v) is 21.0. The molecule has 0 saturated carbocycles. The number of aromatic nitrogens is 4. The molecule has 2 N–H and O–H groups in total. The van der Waals surface area contributed by atoms with Gasteiger partial charge in [-0.05, 0) is 40.8 Å². The van der Waals surface area contributed by atoms with Crippen LogP contribution >= 0.6 is 11.3 Å². The Morgan fingerprint density at radius 1 is 0.829 bits per heavy atom. The lowest BCUT2D eigenvalue weighted by Gasteiger charge is -2.18. The molecule has 0 aliphatic carbocycles. The maximum Gasteiger partial charge on any atom is 0.130 e. The standard InChI is InChI=1S/C29H26N4OS/c1-14(2)28-30-22-13-34-23-12-17(6-8-19(23)24(22)31-28)16-5-7-18-21(11-16)27-20(9-10-35-27)26-25(18)32-29(33-26)15(3)4/h5-12,14-15H,13H2,1-4H3,(H,30,31)(H,32,33). The van der Waals surface area contributed by atoms with Gasteiger partial charge in [0.25, 0.3) is 0 Å². The van der Waals surface area contributed by atoms with Gasteiger partial charge in [0, 0.05) is 38.3 Å². The topological polar surface area (TPSA) is 66.6 Å². The third-order valence-electron chi connectivity index (χ3n) is 7.01. The summed E-state index contributed by atoms with van der Waals surface area (Å²) in [5, 5.41) is 5.86. The highest BCUT2D eigenvalue weighted by molar-refractivity contribution is 7.18. The van der Waals surface area contributed by atoms with Crippen LogP contribution in [0.3, 0.4) is 0 Å². The molecule has 0 spiro atoms. The smallest absolute Gasteiger partial charge is 0.130 e. The molecular weight excluding hydrogens is 452 g/mol. The average molecular weight is 479 g/mol. The van der Waals surface area contributed by atoms with E-state index in [4.69, 9.17) is 14.7 Å². The molecule has 1 aliphatic heterocycles. The van der Waals surface area contributed by atoms with Crippen molar-refractivity contribution in [2.45, 2.75) is 46.1 Å². The molecule has 0 amide bonds. The predicted octanol–water partition coefficient (Wildman–Crippen LogP) is 8.13. The molecule has 3 aromatic carbocycles. The van der Waals surface area contributed by atoms with Gasteiger partial charge in [-0.1, -0.05) is 45.9 Å². The molecule has 0 unspecified atom stereocenters. The van der Waals surface area contributed by atoms with E-state index in [0.29, 0.717) is 18.4 Å². The molecule has 174 valence electrons. The zero-order chi connectivity index (χ0) is 23.8. The number of fused-ring (bicyclic) bond motifs is 9. The summed E-state index contributed by atoms with van der Waals surface area (Å²) in [7, 11) is 0. The summed E-state index contributed by atoms with van der Waals surface area (Å²) < 4.78 is 7.44. The Balaban J connectivity index is 1.38. The van der Waals surface area contributed by atoms with Crippen LogP contribution in [0.25, 0.3) is 54.3 Å². The van der Waals surface area contributed by atoms with Gasteiger partial charge in [-0.2, -0.15) is 0 Å². The number of nitrogens with zero attached hydrogens (tertiary/aromatic N) is 2. The minimum atomic E-state index is 0.354. The molecular formula is C29H26N4OS. The van der Waals surface area contributed by atoms with Gasteiger partial charge in [0.05, 0.1) is 22.4 Å². The van der Waals surface area contributed by atoms with E-state index < -0.39 is 0 Å². The van der Waals surface area contributed by atoms with E-state index >= 15 is 0 Å². The van der Waals surface area contributed by atoms with Gasteiger partial charge in [0.1, 0.15) is 24.0 Å². The van der Waals surface area contributed by atoms with Crippen molar-refractivity contribution >= 4 is 43.2 Å². The van der Waals surface area contributed by atoms with Crippen LogP contribution in [0.2, 0.25) is 0 Å². The van der Waals surface area contributed by atoms with Crippen molar-refractivity contribution in [3.8, 4) is 28.1 Å². The van der Waals surface area contributed by atoms with Gasteiger partial charge < -0.3 is 14.7 Å². The lowest BCUT2D eigenvalue weighted by Crippen LogP contribution is -2.05. The molecule has 0 saturated heterocycles. The molecule has 5 nitrogen and oxygen atoms in total. The quantitative estimate of drug-likeness (QED) is 0.270. The highest BCUT2D eigenvalue weighted by Crippen LogP contribution is 2.42. The van der Waals surface area contributed by atoms with Gasteiger partial charge in [-0.3, -0.25) is 0 Å². The van der Waals surface area contributed by atoms with Crippen LogP contribution in [0.4, 0.5) is 0 Å². The Hall–Kier alpha value is -3.64. The molecule has 0 fully saturated rings. The highest BCUT2D eigenvalue weighted by Gasteiger charge is 2.23. The van der Waals surface area contributed by atoms with Gasteiger partial charge in [0.15, 0.2) is 0 Å². The van der Waals surface area contributed by atoms with Gasteiger partial charge in [-0.25, -0.2) is 9.97 Å². The number of imidazole rings is 2. The van der Waals surface area contributed by atoms with E-state index in [-0.39, 0.29) is 0 Å². The summed E-state index contributed by atoms with van der Waals surface area (Å²) in [5.41, 5.74) is 7.65. The van der Waals surface area contributed by atoms with Crippen LogP contribution in [-0.2, 0) is 6.61 Å². The van der Waals surface area contributed by atoms with Crippen LogP contribution in [0.15, 0.2) is 47.8 Å². The van der Waals surface area contributed by atoms with Crippen molar-refractivity contribution in [3.05, 3.63) is 65.2 Å². The number of thiophene rings is 1. The lowest BCUT2D eigenvalue weighted by atomic mass is 9.97. The Bertz CT molecular complexity index is 1770. The number of ether oxygens (including phenoxy) is 1. The van der Waals surface area contributed by atoms with E-state index in [9.17, 15) is 0 Å². The van der Waals surface area contributed by atoms with Crippen molar-refractivity contribution < 1.29 is 4.74 Å². The van der Waals surface area contributed by atoms with Crippen molar-refractivity contribution in [1.82, 2.24) is 19.9 Å². The number of H-pyrrole nitrogens is 2. The molecule has 0 bridgehead atoms. The molecule has 7 rings (SSSR count). The summed E-state index contributed by atoms with van der Waals surface area (Å²) in [5.74, 6) is 3.65. The summed E-state index contributed by atoms with van der Waals surface area (Å²) in [6.07, 6.45) is 0. The van der Waals surface area contributed by atoms with Crippen molar-refractivity contribution in [2.24, 2.45) is 0 Å². The minimum Gasteiger partial charge on any atom is -0.487 e. The number of rotatable bonds is 3. The maximum atomic E-state index is 6.15. The Morgan fingerprint density at radius 3 is 2.43 bits per heavy atom. The largest absolute Gasteiger partial charge is 0.487 e. The third kappa shape index (κ3) is 3.06. The first-order chi connectivity index (χ1) is 17.0. The summed E-state index contributed by atoms with van der Waals surface area (Å²) >= 11 is 1.78. The van der Waals surface area contributed by atoms with E-state index in [0.717, 1.165) is 50.9 Å². The number of hydrogen-bond donors (Lipinski definition) is 2. The summed E-state index contributed by atoms with van der Waals surface area (Å²) in [6.45, 7) is 9.18. The molecule has 3 aromatic heterocycles. The Kier molecular flexibility index (Phi) is 4.39. The summed E-state index contributed by atoms with van der Waals surface area (Å²) in [6, 6.07) is 15.4. The average Bonchev–Trinajstić information content (AvgIpc) is 3.61. The summed E-state index contributed by atoms with van der Waals surface area (Å²) in [4.78, 5) is 16.8.